The van der Waals surface area contributed by atoms with Crippen LogP contribution in [0.1, 0.15) is 27.7 Å². The Morgan fingerprint density at radius 1 is 1.23 bits per heavy atom. The first-order chi connectivity index (χ1) is 12.3. The molecule has 1 heterocycles. The number of aromatic carboxylic acids is 1. The van der Waals surface area contributed by atoms with Crippen LogP contribution in [0.2, 0.25) is 0 Å². The molecule has 0 saturated carbocycles. The van der Waals surface area contributed by atoms with Crippen LogP contribution < -0.4 is 14.8 Å². The number of esters is 1. The Bertz CT molecular complexity index is 884. The van der Waals surface area contributed by atoms with E-state index >= 15 is 0 Å². The Morgan fingerprint density at radius 2 is 1.96 bits per heavy atom. The van der Waals surface area contributed by atoms with E-state index in [1.807, 2.05) is 0 Å². The average Bonchev–Trinajstić information content (AvgIpc) is 2.94. The molecule has 2 aromatic rings. The zero-order chi connectivity index (χ0) is 19.3. The fourth-order valence-corrected chi connectivity index (χ4v) is 2.96. The van der Waals surface area contributed by atoms with E-state index in [2.05, 4.69) is 5.32 Å². The van der Waals surface area contributed by atoms with Crippen molar-refractivity contribution in [3.63, 3.8) is 0 Å². The lowest BCUT2D eigenvalue weighted by Gasteiger charge is -2.08. The van der Waals surface area contributed by atoms with E-state index in [0.29, 0.717) is 22.6 Å². The smallest absolute Gasteiger partial charge is 0.348 e. The van der Waals surface area contributed by atoms with Gasteiger partial charge in [0.2, 0.25) is 5.91 Å². The molecule has 0 radical (unpaired) electrons. The van der Waals surface area contributed by atoms with Crippen molar-refractivity contribution in [2.45, 2.75) is 13.8 Å². The molecule has 26 heavy (non-hydrogen) atoms. The minimum Gasteiger partial charge on any atom is -0.493 e. The maximum absolute atomic E-state index is 12.1. The minimum absolute atomic E-state index is 0.0802. The second-order valence-electron chi connectivity index (χ2n) is 5.25. The number of methoxy groups -OCH3 is 1. The minimum atomic E-state index is -1.09. The molecule has 8 heteroatoms. The summed E-state index contributed by atoms with van der Waals surface area (Å²) < 4.78 is 10.2. The van der Waals surface area contributed by atoms with Gasteiger partial charge in [0, 0.05) is 13.0 Å². The molecule has 0 fully saturated rings. The van der Waals surface area contributed by atoms with E-state index in [4.69, 9.17) is 14.6 Å². The van der Waals surface area contributed by atoms with Gasteiger partial charge in [0.25, 0.3) is 0 Å². The Morgan fingerprint density at radius 3 is 2.58 bits per heavy atom. The number of carboxylic acids is 1. The number of hydrogen-bond donors (Lipinski definition) is 2. The van der Waals surface area contributed by atoms with Crippen molar-refractivity contribution < 1.29 is 29.0 Å². The topological polar surface area (TPSA) is 102 Å². The molecule has 136 valence electrons. The highest BCUT2D eigenvalue weighted by atomic mass is 32.1. The molecule has 0 aliphatic carbocycles. The molecule has 0 spiro atoms. The second-order valence-corrected chi connectivity index (χ2v) is 6.13. The van der Waals surface area contributed by atoms with E-state index in [1.165, 1.54) is 26.2 Å². The molecule has 0 bridgehead atoms. The first-order valence-corrected chi connectivity index (χ1v) is 8.36. The van der Waals surface area contributed by atoms with E-state index < -0.39 is 17.8 Å². The fourth-order valence-electron chi connectivity index (χ4n) is 2.12. The van der Waals surface area contributed by atoms with Gasteiger partial charge < -0.3 is 19.9 Å². The third-order valence-electron chi connectivity index (χ3n) is 3.29. The predicted molar refractivity (Wildman–Crippen MR) is 98.0 cm³/mol. The molecular formula is C18H17NO6S. The Labute approximate surface area is 153 Å². The van der Waals surface area contributed by atoms with Crippen LogP contribution >= 0.6 is 11.3 Å². The van der Waals surface area contributed by atoms with E-state index in [1.54, 1.807) is 30.5 Å². The van der Waals surface area contributed by atoms with E-state index in [0.717, 1.165) is 11.3 Å². The van der Waals surface area contributed by atoms with Gasteiger partial charge in [-0.1, -0.05) is 6.07 Å². The van der Waals surface area contributed by atoms with Gasteiger partial charge in [-0.3, -0.25) is 9.59 Å². The van der Waals surface area contributed by atoms with Gasteiger partial charge in [-0.05, 0) is 41.6 Å². The van der Waals surface area contributed by atoms with Crippen LogP contribution in [0.3, 0.4) is 0 Å². The lowest BCUT2D eigenvalue weighted by Crippen LogP contribution is -2.11. The number of aryl methyl sites for hydroxylation is 1. The summed E-state index contributed by atoms with van der Waals surface area (Å²) in [5.74, 6) is -1.39. The summed E-state index contributed by atoms with van der Waals surface area (Å²) in [6, 6.07) is 4.83. The van der Waals surface area contributed by atoms with Crippen LogP contribution in [0.25, 0.3) is 6.08 Å². The molecule has 2 N–H and O–H groups in total. The van der Waals surface area contributed by atoms with Gasteiger partial charge in [0.1, 0.15) is 4.88 Å². The third-order valence-corrected chi connectivity index (χ3v) is 4.37. The molecule has 0 aliphatic heterocycles. The summed E-state index contributed by atoms with van der Waals surface area (Å²) in [5.41, 5.74) is 1.62. The van der Waals surface area contributed by atoms with Crippen molar-refractivity contribution in [3.05, 3.63) is 45.7 Å². The predicted octanol–water partition coefficient (Wildman–Crippen LogP) is 3.34. The van der Waals surface area contributed by atoms with Crippen molar-refractivity contribution in [1.82, 2.24) is 0 Å². The standard InChI is InChI=1S/C18H17NO6S/c1-10-9-26-17(18(22)23)16(10)19-15(21)7-5-12-4-6-13(25-11(2)20)14(8-12)24-3/h4-9H,1-3H3,(H,19,21)(H,22,23). The SMILES string of the molecule is COc1cc(C=CC(=O)Nc2c(C)csc2C(=O)O)ccc1OC(C)=O. The first kappa shape index (κ1) is 19.2. The van der Waals surface area contributed by atoms with Gasteiger partial charge in [-0.15, -0.1) is 11.3 Å². The molecule has 0 saturated heterocycles. The molecule has 0 aliphatic rings. The number of anilines is 1. The highest BCUT2D eigenvalue weighted by Gasteiger charge is 2.16. The largest absolute Gasteiger partial charge is 0.493 e. The number of nitrogens with one attached hydrogen (secondary N) is 1. The van der Waals surface area contributed by atoms with Crippen molar-refractivity contribution in [3.8, 4) is 11.5 Å². The Kier molecular flexibility index (Phi) is 6.13. The van der Waals surface area contributed by atoms with Crippen molar-refractivity contribution in [2.75, 3.05) is 12.4 Å². The number of carbonyl (C=O) groups is 3. The van der Waals surface area contributed by atoms with Crippen LogP contribution in [-0.2, 0) is 9.59 Å². The maximum Gasteiger partial charge on any atom is 0.348 e. The highest BCUT2D eigenvalue weighted by Crippen LogP contribution is 2.29. The van der Waals surface area contributed by atoms with Crippen molar-refractivity contribution in [2.24, 2.45) is 0 Å². The summed E-state index contributed by atoms with van der Waals surface area (Å²) >= 11 is 1.06. The maximum atomic E-state index is 12.1. The molecule has 1 amide bonds. The molecule has 7 nitrogen and oxygen atoms in total. The van der Waals surface area contributed by atoms with Gasteiger partial charge in [-0.25, -0.2) is 4.79 Å². The number of rotatable bonds is 6. The van der Waals surface area contributed by atoms with Crippen molar-refractivity contribution >= 4 is 40.9 Å². The first-order valence-electron chi connectivity index (χ1n) is 7.48. The van der Waals surface area contributed by atoms with Crippen LogP contribution in [0.15, 0.2) is 29.7 Å². The van der Waals surface area contributed by atoms with Crippen molar-refractivity contribution in [1.29, 1.82) is 0 Å². The lowest BCUT2D eigenvalue weighted by molar-refractivity contribution is -0.132. The second kappa shape index (κ2) is 8.30. The molecule has 0 atom stereocenters. The molecular weight excluding hydrogens is 358 g/mol. The van der Waals surface area contributed by atoms with Crippen LogP contribution in [0.5, 0.6) is 11.5 Å². The Balaban J connectivity index is 2.14. The van der Waals surface area contributed by atoms with Crippen LogP contribution in [-0.4, -0.2) is 30.1 Å². The van der Waals surface area contributed by atoms with Gasteiger partial charge in [0.05, 0.1) is 12.8 Å². The van der Waals surface area contributed by atoms with Gasteiger partial charge >= 0.3 is 11.9 Å². The zero-order valence-electron chi connectivity index (χ0n) is 14.4. The number of thiophene rings is 1. The Hall–Kier alpha value is -3.13. The summed E-state index contributed by atoms with van der Waals surface area (Å²) in [5, 5.41) is 13.4. The quantitative estimate of drug-likeness (QED) is 0.456. The number of ether oxygens (including phenoxy) is 2. The highest BCUT2D eigenvalue weighted by molar-refractivity contribution is 7.12. The summed E-state index contributed by atoms with van der Waals surface area (Å²) in [6.45, 7) is 3.01. The number of carboxylic acid groups (broad SMARTS) is 1. The molecule has 1 aromatic carbocycles. The van der Waals surface area contributed by atoms with Gasteiger partial charge in [-0.2, -0.15) is 0 Å². The molecule has 0 unspecified atom stereocenters. The monoisotopic (exact) mass is 375 g/mol. The molecule has 1 aromatic heterocycles. The fraction of sp³-hybridized carbons (Fsp3) is 0.167. The average molecular weight is 375 g/mol. The number of amides is 1. The van der Waals surface area contributed by atoms with E-state index in [-0.39, 0.29) is 10.6 Å². The van der Waals surface area contributed by atoms with Crippen LogP contribution in [0, 0.1) is 6.92 Å². The summed E-state index contributed by atoms with van der Waals surface area (Å²) in [4.78, 5) is 34.4. The lowest BCUT2D eigenvalue weighted by atomic mass is 10.2. The van der Waals surface area contributed by atoms with E-state index in [9.17, 15) is 14.4 Å². The van der Waals surface area contributed by atoms with Crippen LogP contribution in [0.4, 0.5) is 5.69 Å². The third kappa shape index (κ3) is 4.70. The number of benzene rings is 1. The summed E-state index contributed by atoms with van der Waals surface area (Å²) in [7, 11) is 1.44. The number of carbonyl (C=O) groups excluding carboxylic acids is 2. The summed E-state index contributed by atoms with van der Waals surface area (Å²) in [6.07, 6.45) is 2.82. The zero-order valence-corrected chi connectivity index (χ0v) is 15.2. The van der Waals surface area contributed by atoms with Gasteiger partial charge in [0.15, 0.2) is 11.5 Å². The normalized spacial score (nSPS) is 10.6. The number of hydrogen-bond acceptors (Lipinski definition) is 6. The molecule has 2 rings (SSSR count).